The van der Waals surface area contributed by atoms with Gasteiger partial charge in [-0.2, -0.15) is 0 Å². The molecule has 0 amide bonds. The molecule has 1 heterocycles. The van der Waals surface area contributed by atoms with Crippen molar-refractivity contribution >= 4 is 35.1 Å². The lowest BCUT2D eigenvalue weighted by Crippen LogP contribution is -1.91. The van der Waals surface area contributed by atoms with Crippen molar-refractivity contribution in [3.05, 3.63) is 61.3 Å². The fourth-order valence-corrected chi connectivity index (χ4v) is 2.79. The molecule has 1 aromatic heterocycles. The monoisotopic (exact) mass is 450 g/mol. The van der Waals surface area contributed by atoms with Crippen molar-refractivity contribution in [2.45, 2.75) is 52.9 Å². The summed E-state index contributed by atoms with van der Waals surface area (Å²) in [5.41, 5.74) is 7.12. The summed E-state index contributed by atoms with van der Waals surface area (Å²) in [7, 11) is 3.59. The van der Waals surface area contributed by atoms with Crippen molar-refractivity contribution in [3.63, 3.8) is 0 Å². The van der Waals surface area contributed by atoms with E-state index in [2.05, 4.69) is 67.8 Å². The Labute approximate surface area is 195 Å². The summed E-state index contributed by atoms with van der Waals surface area (Å²) in [5, 5.41) is 1.33. The molecular formula is C26H43ClN2O2. The molecule has 4 nitrogen and oxygen atoms in total. The van der Waals surface area contributed by atoms with E-state index in [-0.39, 0.29) is 0 Å². The minimum absolute atomic E-state index is 0.417. The predicted molar refractivity (Wildman–Crippen MR) is 139 cm³/mol. The molecule has 0 unspecified atom stereocenters. The summed E-state index contributed by atoms with van der Waals surface area (Å²) in [4.78, 5) is 19.2. The number of hydrogen-bond acceptors (Lipinski definition) is 3. The molecule has 1 fully saturated rings. The van der Waals surface area contributed by atoms with Gasteiger partial charge in [-0.15, -0.1) is 24.8 Å². The molecule has 2 N–H and O–H groups in total. The molecule has 0 bridgehead atoms. The van der Waals surface area contributed by atoms with E-state index in [1.54, 1.807) is 0 Å². The van der Waals surface area contributed by atoms with E-state index in [4.69, 9.17) is 11.6 Å². The third-order valence-electron chi connectivity index (χ3n) is 4.28. The maximum atomic E-state index is 10.0. The van der Waals surface area contributed by atoms with Gasteiger partial charge < -0.3 is 19.9 Å². The molecule has 1 aromatic carbocycles. The lowest BCUT2D eigenvalue weighted by atomic mass is 10.1. The van der Waals surface area contributed by atoms with Crippen LogP contribution in [0.4, 0.5) is 0 Å². The van der Waals surface area contributed by atoms with Gasteiger partial charge in [-0.3, -0.25) is 0 Å². The Bertz CT molecular complexity index is 690. The second kappa shape index (κ2) is 25.9. The molecule has 31 heavy (non-hydrogen) atoms. The topological polar surface area (TPSA) is 65.1 Å². The molecule has 0 saturated heterocycles. The van der Waals surface area contributed by atoms with Crippen molar-refractivity contribution in [3.8, 4) is 0 Å². The quantitative estimate of drug-likeness (QED) is 0.324. The van der Waals surface area contributed by atoms with Gasteiger partial charge in [-0.25, -0.2) is 0 Å². The Morgan fingerprint density at radius 1 is 1.16 bits per heavy atom. The number of aromatic nitrogens is 1. The Morgan fingerprint density at radius 3 is 2.00 bits per heavy atom. The van der Waals surface area contributed by atoms with Crippen LogP contribution in [0.25, 0.3) is 10.9 Å². The molecule has 0 radical (unpaired) electrons. The highest BCUT2D eigenvalue weighted by molar-refractivity contribution is 6.18. The molecule has 1 saturated carbocycles. The fraction of sp³-hybridized carbons (Fsp3) is 0.462. The van der Waals surface area contributed by atoms with Gasteiger partial charge >= 0.3 is 0 Å². The highest BCUT2D eigenvalue weighted by Gasteiger charge is 2.12. The number of aryl methyl sites for hydroxylation is 2. The number of fused-ring (bicyclic) bond motifs is 1. The molecule has 1 aliphatic rings. The van der Waals surface area contributed by atoms with Crippen LogP contribution >= 0.6 is 11.6 Å². The van der Waals surface area contributed by atoms with Gasteiger partial charge in [0.2, 0.25) is 0 Å². The first-order valence-electron chi connectivity index (χ1n) is 10.7. The highest BCUT2D eigenvalue weighted by atomic mass is 35.5. The van der Waals surface area contributed by atoms with E-state index in [9.17, 15) is 9.59 Å². The summed E-state index contributed by atoms with van der Waals surface area (Å²) in [6, 6.07) is 10.6. The van der Waals surface area contributed by atoms with E-state index >= 15 is 0 Å². The van der Waals surface area contributed by atoms with Gasteiger partial charge in [0.25, 0.3) is 0 Å². The number of carbonyl (C=O) groups excluding carboxylic acids is 2. The molecular weight excluding hydrogens is 408 g/mol. The number of rotatable bonds is 3. The zero-order valence-electron chi connectivity index (χ0n) is 20.1. The molecule has 5 heteroatoms. The number of allylic oxidation sites excluding steroid dienone is 2. The minimum atomic E-state index is 0.417. The van der Waals surface area contributed by atoms with Crippen molar-refractivity contribution in [2.75, 3.05) is 12.9 Å². The number of alkyl halides is 1. The Balaban J connectivity index is -0.000000343. The van der Waals surface area contributed by atoms with Crippen molar-refractivity contribution in [1.29, 1.82) is 0 Å². The van der Waals surface area contributed by atoms with Crippen LogP contribution in [0, 0.1) is 12.8 Å². The summed E-state index contributed by atoms with van der Waals surface area (Å²) < 4.78 is 2.20. The van der Waals surface area contributed by atoms with Crippen LogP contribution in [-0.2, 0) is 16.6 Å². The number of nitrogens with zero attached hydrogens (tertiary/aromatic N) is 1. The summed E-state index contributed by atoms with van der Waals surface area (Å²) in [6.45, 7) is 11.9. The van der Waals surface area contributed by atoms with Crippen LogP contribution in [0.1, 0.15) is 51.6 Å². The van der Waals surface area contributed by atoms with Crippen LogP contribution in [0.2, 0.25) is 0 Å². The highest BCUT2D eigenvalue weighted by Crippen LogP contribution is 2.21. The van der Waals surface area contributed by atoms with Gasteiger partial charge in [0, 0.05) is 36.5 Å². The van der Waals surface area contributed by atoms with Crippen molar-refractivity contribution in [1.82, 2.24) is 4.57 Å². The fourth-order valence-electron chi connectivity index (χ4n) is 2.61. The Kier molecular flexibility index (Phi) is 27.9. The number of carbonyl (C=O) groups is 2. The number of halogens is 1. The maximum Gasteiger partial charge on any atom is 0.123 e. The summed E-state index contributed by atoms with van der Waals surface area (Å²) in [6.07, 6.45) is 11.2. The molecule has 0 aliphatic heterocycles. The molecule has 0 atom stereocenters. The molecule has 176 valence electrons. The maximum absolute atomic E-state index is 10.0. The Hall–Kier alpha value is -2.17. The average molecular weight is 451 g/mol. The molecule has 3 rings (SSSR count). The van der Waals surface area contributed by atoms with Crippen LogP contribution in [-0.4, -0.2) is 30.1 Å². The van der Waals surface area contributed by atoms with Gasteiger partial charge in [0.05, 0.1) is 0 Å². The Morgan fingerprint density at radius 2 is 1.68 bits per heavy atom. The van der Waals surface area contributed by atoms with Crippen LogP contribution in [0.3, 0.4) is 0 Å². The minimum Gasteiger partial charge on any atom is -0.348 e. The predicted octanol–water partition coefficient (Wildman–Crippen LogP) is 6.64. The van der Waals surface area contributed by atoms with Gasteiger partial charge in [-0.05, 0) is 51.3 Å². The van der Waals surface area contributed by atoms with Crippen molar-refractivity contribution < 1.29 is 9.59 Å². The van der Waals surface area contributed by atoms with Gasteiger partial charge in [-0.1, -0.05) is 50.1 Å². The number of aldehydes is 2. The average Bonchev–Trinajstić information content (AvgIpc) is 3.46. The second-order valence-corrected chi connectivity index (χ2v) is 6.69. The van der Waals surface area contributed by atoms with E-state index in [0.717, 1.165) is 25.4 Å². The second-order valence-electron chi connectivity index (χ2n) is 6.38. The smallest absolute Gasteiger partial charge is 0.123 e. The summed E-state index contributed by atoms with van der Waals surface area (Å²) in [5.74, 6) is 1.05. The number of nitrogens with two attached hydrogens (primary N) is 1. The number of hydrogen-bond donors (Lipinski definition) is 1. The third-order valence-corrected chi connectivity index (χ3v) is 4.45. The van der Waals surface area contributed by atoms with Crippen LogP contribution in [0.5, 0.6) is 0 Å². The van der Waals surface area contributed by atoms with E-state index in [1.807, 2.05) is 26.0 Å². The zero-order chi connectivity index (χ0) is 24.5. The summed E-state index contributed by atoms with van der Waals surface area (Å²) >= 11 is 5.21. The van der Waals surface area contributed by atoms with Gasteiger partial charge in [0.15, 0.2) is 0 Å². The molecule has 1 aliphatic carbocycles. The lowest BCUT2D eigenvalue weighted by molar-refractivity contribution is -0.111. The SMILES string of the molecule is C/C=C\CCl.C=C.CCC=O.CN.Cc1cc2ccccc2n1C.O=CC1CCCC1. The zero-order valence-corrected chi connectivity index (χ0v) is 20.9. The largest absolute Gasteiger partial charge is 0.348 e. The first-order chi connectivity index (χ1) is 15.0. The first kappa shape index (κ1) is 33.5. The van der Waals surface area contributed by atoms with Crippen molar-refractivity contribution in [2.24, 2.45) is 18.7 Å². The van der Waals surface area contributed by atoms with E-state index < -0.39 is 0 Å². The van der Waals surface area contributed by atoms with Crippen LogP contribution < -0.4 is 5.73 Å². The van der Waals surface area contributed by atoms with Gasteiger partial charge in [0.1, 0.15) is 12.6 Å². The molecule has 0 spiro atoms. The number of benzene rings is 1. The number of para-hydroxylation sites is 1. The third kappa shape index (κ3) is 17.2. The lowest BCUT2D eigenvalue weighted by Gasteiger charge is -1.96. The van der Waals surface area contributed by atoms with E-state index in [1.165, 1.54) is 36.5 Å². The van der Waals surface area contributed by atoms with Crippen LogP contribution in [0.15, 0.2) is 55.6 Å². The standard InChI is InChI=1S/C10H11N.C6H10O.C4H7Cl.C3H6O.C2H4.CH5N/c1-8-7-9-5-3-4-6-10(9)11(8)2;7-5-6-3-1-2-4-6;1-2-3-4-5;1-2-3-4;2*1-2/h3-7H,1-2H3;5-6H,1-4H2;2-3H,4H2,1H3;3H,2H2,1H3;1-2H2;2H2,1H3/b;;3-2-;;;. The van der Waals surface area contributed by atoms with E-state index in [0.29, 0.717) is 18.2 Å². The normalized spacial score (nSPS) is 11.7. The molecule has 2 aromatic rings. The first-order valence-corrected chi connectivity index (χ1v) is 11.2.